The first kappa shape index (κ1) is 93.7. The number of nitrogens with zero attached hydrogens (tertiary/aromatic N) is 11. The van der Waals surface area contributed by atoms with Gasteiger partial charge in [0.05, 0.1) is 175 Å². The fourth-order valence-electron chi connectivity index (χ4n) is 16.9. The van der Waals surface area contributed by atoms with Gasteiger partial charge in [0.25, 0.3) is 10.1 Å². The van der Waals surface area contributed by atoms with Crippen molar-refractivity contribution in [3.63, 3.8) is 0 Å². The van der Waals surface area contributed by atoms with E-state index in [2.05, 4.69) is 52.0 Å². The lowest BCUT2D eigenvalue weighted by molar-refractivity contribution is -0.147. The van der Waals surface area contributed by atoms with E-state index in [9.17, 15) is 102 Å². The Bertz CT molecular complexity index is 4960. The highest BCUT2D eigenvalue weighted by Crippen LogP contribution is 2.50. The minimum absolute atomic E-state index is 0.0491. The second-order valence-electron chi connectivity index (χ2n) is 31.9. The van der Waals surface area contributed by atoms with E-state index in [4.69, 9.17) is 18.4 Å². The van der Waals surface area contributed by atoms with E-state index in [1.807, 2.05) is 70.5 Å². The third-order valence-electron chi connectivity index (χ3n) is 23.2. The molecule has 43 heteroatoms. The van der Waals surface area contributed by atoms with Crippen molar-refractivity contribution in [1.29, 1.82) is 0 Å². The Balaban J connectivity index is 0.000000166. The quantitative estimate of drug-likeness (QED) is 0.0363. The molecule has 0 radical (unpaired) electrons. The average Bonchev–Trinajstić information content (AvgIpc) is 0.916. The summed E-state index contributed by atoms with van der Waals surface area (Å²) in [5, 5.41) is 34.1. The van der Waals surface area contributed by atoms with Gasteiger partial charge in [-0.15, -0.1) is 10.2 Å². The summed E-state index contributed by atoms with van der Waals surface area (Å²) in [5.41, 5.74) is -11.7. The number of piperazine rings is 3. The van der Waals surface area contributed by atoms with Gasteiger partial charge in [0, 0.05) is 32.0 Å². The van der Waals surface area contributed by atoms with Gasteiger partial charge in [0.2, 0.25) is 17.7 Å². The molecule has 12 atom stereocenters. The molecule has 6 fully saturated rings. The number of piperidine rings is 3. The number of hydrogen-bond donors (Lipinski definition) is 4. The topological polar surface area (TPSA) is 271 Å². The van der Waals surface area contributed by atoms with E-state index in [1.165, 1.54) is 20.8 Å². The van der Waals surface area contributed by atoms with Gasteiger partial charge in [-0.05, 0) is 147 Å². The molecule has 3 aromatic heterocycles. The van der Waals surface area contributed by atoms with Gasteiger partial charge in [-0.3, -0.25) is 42.6 Å². The van der Waals surface area contributed by atoms with Crippen molar-refractivity contribution in [2.24, 2.45) is 0 Å². The molecule has 9 heterocycles. The summed E-state index contributed by atoms with van der Waals surface area (Å²) in [4.78, 5) is 44.3. The summed E-state index contributed by atoms with van der Waals surface area (Å²) in [5.74, 6) is -0.789. The molecule has 4 N–H and O–H groups in total. The smallest absolute Gasteiger partial charge is 0.372 e. The molecule has 15 rings (SSSR count). The lowest BCUT2D eigenvalue weighted by Gasteiger charge is -2.57. The summed E-state index contributed by atoms with van der Waals surface area (Å²) in [6.45, 7) is 5.51. The Hall–Kier alpha value is -10.4. The zero-order valence-corrected chi connectivity index (χ0v) is 67.9. The van der Waals surface area contributed by atoms with Crippen LogP contribution in [0.3, 0.4) is 0 Å². The van der Waals surface area contributed by atoms with Crippen molar-refractivity contribution in [3.05, 3.63) is 250 Å². The van der Waals surface area contributed by atoms with Crippen LogP contribution >= 0.6 is 0 Å². The monoisotopic (exact) mass is 1800 g/mol. The van der Waals surface area contributed by atoms with E-state index in [0.717, 1.165) is 22.9 Å². The van der Waals surface area contributed by atoms with E-state index in [-0.39, 0.29) is 112 Å². The van der Waals surface area contributed by atoms with Crippen LogP contribution in [0.25, 0.3) is 0 Å². The number of ether oxygens (including phenoxy) is 3. The van der Waals surface area contributed by atoms with E-state index in [0.29, 0.717) is 94.7 Å². The highest BCUT2D eigenvalue weighted by molar-refractivity contribution is 7.86. The summed E-state index contributed by atoms with van der Waals surface area (Å²) >= 11 is 0. The van der Waals surface area contributed by atoms with Gasteiger partial charge in [-0.25, -0.2) is 0 Å². The number of carbonyl (C=O) groups excluding carboxylic acids is 3. The molecule has 3 amide bonds. The Morgan fingerprint density at radius 3 is 0.904 bits per heavy atom. The predicted octanol–water partition coefficient (Wildman–Crippen LogP) is 14.3. The van der Waals surface area contributed by atoms with Crippen LogP contribution in [0.5, 0.6) is 0 Å². The second-order valence-corrected chi connectivity index (χ2v) is 33.6. The number of amides is 3. The number of alkyl halides is 18. The molecule has 24 nitrogen and oxygen atoms in total. The highest BCUT2D eigenvalue weighted by atomic mass is 32.2. The average molecular weight is 1800 g/mol. The summed E-state index contributed by atoms with van der Waals surface area (Å²) in [7, 11) is -3.80. The number of H-pyrrole nitrogens is 1. The van der Waals surface area contributed by atoms with Gasteiger partial charge in [-0.1, -0.05) is 101 Å². The van der Waals surface area contributed by atoms with Gasteiger partial charge in [0.1, 0.15) is 0 Å². The standard InChI is InChI=1S/2C27H27F6N5O2.C26H28F6N2O5S.C2H3N3/c2*1-18(19-11-21(26(28,29)30)13-22(12-19)27(31,32)33)40-17-25(20-5-3-2-4-6-20)8-7-24(16-38-10-9-34-36-38)15-37(25)14-23(39)35-24;1-17(18-10-20(25(27,28)29)12-21(11-18)26(30,31)32)38-16-24(19-6-4-3-5-7-19)9-8-23(15-39-40(2,36)37)14-34(24)13-22(35)33-23;1-2-4-5-3-1/h2*2-6,9-13,18H,7-8,14-17H2,1H3,(H,35,39);3-7,10-12,17H,8-9,13-16H2,1-2H3,(H,33,35);1-2H,(H,3,4,5)/t2*18-,24-,25-;17-,23-,24-;/m111./s1. The van der Waals surface area contributed by atoms with Crippen molar-refractivity contribution in [2.75, 3.05) is 72.0 Å². The summed E-state index contributed by atoms with van der Waals surface area (Å²) < 4.78 is 292. The molecule has 6 aliphatic heterocycles. The molecule has 6 saturated heterocycles. The maximum atomic E-state index is 13.4. The fourth-order valence-corrected chi connectivity index (χ4v) is 17.3. The number of halogens is 18. The Morgan fingerprint density at radius 2 is 0.656 bits per heavy atom. The van der Waals surface area contributed by atoms with Gasteiger partial charge in [0.15, 0.2) is 0 Å². The van der Waals surface area contributed by atoms with Crippen LogP contribution < -0.4 is 16.0 Å². The van der Waals surface area contributed by atoms with Crippen LogP contribution in [0.4, 0.5) is 79.0 Å². The van der Waals surface area contributed by atoms with E-state index < -0.39 is 132 Å². The van der Waals surface area contributed by atoms with Gasteiger partial charge in [-0.2, -0.15) is 103 Å². The van der Waals surface area contributed by atoms with Gasteiger partial charge < -0.3 is 30.2 Å². The van der Waals surface area contributed by atoms with Crippen LogP contribution in [0.2, 0.25) is 0 Å². The molecule has 6 aromatic carbocycles. The van der Waals surface area contributed by atoms with Crippen molar-refractivity contribution in [2.45, 2.75) is 161 Å². The second kappa shape index (κ2) is 36.5. The fraction of sp³-hybridized carbons (Fsp3) is 0.451. The van der Waals surface area contributed by atoms with Crippen LogP contribution in [-0.2, 0) is 110 Å². The number of benzene rings is 6. The molecule has 6 aliphatic rings. The zero-order chi connectivity index (χ0) is 90.6. The maximum Gasteiger partial charge on any atom is 0.416 e. The summed E-state index contributed by atoms with van der Waals surface area (Å²) in [6.07, 6.45) is -19.9. The van der Waals surface area contributed by atoms with Crippen molar-refractivity contribution in [1.82, 2.24) is 76.0 Å². The zero-order valence-electron chi connectivity index (χ0n) is 67.1. The molecule has 0 aliphatic carbocycles. The predicted molar refractivity (Wildman–Crippen MR) is 409 cm³/mol. The molecule has 6 bridgehead atoms. The number of hydrogen-bond acceptors (Lipinski definition) is 18. The molecular weight excluding hydrogens is 1710 g/mol. The largest absolute Gasteiger partial charge is 0.416 e. The Morgan fingerprint density at radius 1 is 0.384 bits per heavy atom. The Labute approximate surface area is 703 Å². The minimum atomic E-state index is -5.00. The van der Waals surface area contributed by atoms with Gasteiger partial charge >= 0.3 is 37.1 Å². The number of aromatic amines is 1. The van der Waals surface area contributed by atoms with Crippen LogP contribution in [0, 0.1) is 0 Å². The number of nitrogens with one attached hydrogen (secondary N) is 4. The van der Waals surface area contributed by atoms with E-state index >= 15 is 0 Å². The maximum absolute atomic E-state index is 13.4. The molecule has 125 heavy (non-hydrogen) atoms. The molecule has 674 valence electrons. The van der Waals surface area contributed by atoms with Crippen LogP contribution in [0.1, 0.15) is 144 Å². The Kier molecular flexibility index (Phi) is 27.4. The van der Waals surface area contributed by atoms with Crippen molar-refractivity contribution >= 4 is 27.8 Å². The SMILES string of the molecule is C[C@@H](OC[C@@]1(c2ccccc2)CC[C@]2(COS(C)(=O)=O)CN1CC(=O)N2)c1cc(C(F)(F)F)cc(C(F)(F)F)c1.C[C@@H](OC[C@@]1(c2ccccc2)CC[C@]2(Cn3ccnn3)CN1CC(=O)N2)c1cc(C(F)(F)F)cc(C(F)(F)F)c1.C[C@@H](OC[C@@]1(c2ccccc2)CC[C@]2(Cn3ccnn3)CN1CC(=O)N2)c1cc(C(F)(F)F)cc(C(F)(F)F)c1.c1cn[nH]n1. The third kappa shape index (κ3) is 22.5. The molecule has 3 unspecified atom stereocenters. The van der Waals surface area contributed by atoms with Crippen molar-refractivity contribution < 1.29 is 120 Å². The van der Waals surface area contributed by atoms with Crippen LogP contribution in [0.15, 0.2) is 183 Å². The normalized spacial score (nSPS) is 25.3. The molecular formula is C82H85F18N15O9S. The lowest BCUT2D eigenvalue weighted by Crippen LogP contribution is -2.73. The summed E-state index contributed by atoms with van der Waals surface area (Å²) in [6, 6.07) is 31.8. The molecule has 0 saturated carbocycles. The van der Waals surface area contributed by atoms with E-state index in [1.54, 1.807) is 81.8 Å². The number of aromatic nitrogens is 9. The minimum Gasteiger partial charge on any atom is -0.372 e. The number of fused-ring (bicyclic) bond motifs is 6. The number of rotatable bonds is 22. The molecule has 0 spiro atoms. The lowest BCUT2D eigenvalue weighted by atomic mass is 9.73. The number of carbonyl (C=O) groups is 3. The third-order valence-corrected chi connectivity index (χ3v) is 23.8. The first-order valence-electron chi connectivity index (χ1n) is 38.9. The first-order chi connectivity index (χ1) is 58.5. The molecule has 9 aromatic rings. The first-order valence-corrected chi connectivity index (χ1v) is 40.7. The van der Waals surface area contributed by atoms with Crippen molar-refractivity contribution in [3.8, 4) is 0 Å². The van der Waals surface area contributed by atoms with Crippen LogP contribution in [-0.4, -0.2) is 175 Å². The highest BCUT2D eigenvalue weighted by Gasteiger charge is 2.58.